The van der Waals surface area contributed by atoms with Crippen LogP contribution in [0, 0.1) is 17.7 Å². The molecule has 2 aliphatic carbocycles. The SMILES string of the molecule is CC1CCC(c2ccc(-c3ccc(OC(F)(F)F)cc3)c(F)c2)CC1.CC1CCC(c2ccc(-c3ccc(OC(F)(F)F)cc3)cc2)CC1. The van der Waals surface area contributed by atoms with Crippen molar-refractivity contribution in [3.05, 3.63) is 108 Å². The number of alkyl halides is 6. The van der Waals surface area contributed by atoms with Crippen molar-refractivity contribution in [2.45, 2.75) is 89.8 Å². The molecule has 9 heteroatoms. The second-order valence-electron chi connectivity index (χ2n) is 13.4. The topological polar surface area (TPSA) is 18.5 Å². The first-order chi connectivity index (χ1) is 23.2. The van der Waals surface area contributed by atoms with E-state index in [-0.39, 0.29) is 17.3 Å². The molecule has 4 aromatic rings. The van der Waals surface area contributed by atoms with Gasteiger partial charge >= 0.3 is 12.7 Å². The summed E-state index contributed by atoms with van der Waals surface area (Å²) < 4.78 is 95.4. The van der Waals surface area contributed by atoms with Crippen molar-refractivity contribution < 1.29 is 40.2 Å². The van der Waals surface area contributed by atoms with Crippen LogP contribution in [0.25, 0.3) is 22.3 Å². The van der Waals surface area contributed by atoms with Gasteiger partial charge in [-0.05, 0) is 108 Å². The van der Waals surface area contributed by atoms with Gasteiger partial charge in [0.15, 0.2) is 0 Å². The summed E-state index contributed by atoms with van der Waals surface area (Å²) in [6, 6.07) is 24.8. The molecule has 2 saturated carbocycles. The fourth-order valence-electron chi connectivity index (χ4n) is 6.84. The Morgan fingerprint density at radius 2 is 0.837 bits per heavy atom. The monoisotopic (exact) mass is 686 g/mol. The lowest BCUT2D eigenvalue weighted by atomic mass is 9.79. The number of halogens is 7. The molecule has 0 spiro atoms. The number of rotatable bonds is 6. The average Bonchev–Trinajstić information content (AvgIpc) is 3.05. The molecule has 4 aromatic carbocycles. The molecular weight excluding hydrogens is 645 g/mol. The summed E-state index contributed by atoms with van der Waals surface area (Å²) in [6.07, 6.45) is 0.136. The summed E-state index contributed by atoms with van der Waals surface area (Å²) in [5.74, 6) is 1.74. The van der Waals surface area contributed by atoms with Crippen LogP contribution < -0.4 is 9.47 Å². The van der Waals surface area contributed by atoms with E-state index in [1.54, 1.807) is 24.3 Å². The molecule has 0 unspecified atom stereocenters. The molecule has 0 bridgehead atoms. The lowest BCUT2D eigenvalue weighted by Crippen LogP contribution is -2.16. The van der Waals surface area contributed by atoms with E-state index in [0.717, 1.165) is 54.2 Å². The Labute approximate surface area is 283 Å². The Morgan fingerprint density at radius 3 is 1.24 bits per heavy atom. The molecule has 2 nitrogen and oxygen atoms in total. The summed E-state index contributed by atoms with van der Waals surface area (Å²) >= 11 is 0. The van der Waals surface area contributed by atoms with Gasteiger partial charge in [-0.15, -0.1) is 26.3 Å². The molecule has 262 valence electrons. The summed E-state index contributed by atoms with van der Waals surface area (Å²) in [5.41, 5.74) is 5.16. The Hall–Kier alpha value is -4.01. The molecule has 0 aromatic heterocycles. The van der Waals surface area contributed by atoms with Gasteiger partial charge in [0.2, 0.25) is 0 Å². The van der Waals surface area contributed by atoms with Gasteiger partial charge < -0.3 is 9.47 Å². The lowest BCUT2D eigenvalue weighted by Gasteiger charge is -2.26. The van der Waals surface area contributed by atoms with Crippen LogP contribution >= 0.6 is 0 Å². The van der Waals surface area contributed by atoms with E-state index in [0.29, 0.717) is 23.0 Å². The molecule has 0 atom stereocenters. The maximum absolute atomic E-state index is 14.5. The van der Waals surface area contributed by atoms with Crippen molar-refractivity contribution in [3.63, 3.8) is 0 Å². The highest BCUT2D eigenvalue weighted by atomic mass is 19.4. The minimum absolute atomic E-state index is 0.195. The first-order valence-electron chi connectivity index (χ1n) is 16.8. The van der Waals surface area contributed by atoms with E-state index >= 15 is 0 Å². The van der Waals surface area contributed by atoms with Gasteiger partial charge in [-0.2, -0.15) is 0 Å². The van der Waals surface area contributed by atoms with Crippen LogP contribution in [0.4, 0.5) is 30.7 Å². The second-order valence-corrected chi connectivity index (χ2v) is 13.4. The number of hydrogen-bond donors (Lipinski definition) is 0. The van der Waals surface area contributed by atoms with Gasteiger partial charge in [0.1, 0.15) is 17.3 Å². The highest BCUT2D eigenvalue weighted by molar-refractivity contribution is 5.66. The van der Waals surface area contributed by atoms with E-state index < -0.39 is 12.7 Å². The molecule has 0 heterocycles. The molecule has 2 aliphatic rings. The van der Waals surface area contributed by atoms with Crippen molar-refractivity contribution >= 4 is 0 Å². The fraction of sp³-hybridized carbons (Fsp3) is 0.400. The largest absolute Gasteiger partial charge is 0.573 e. The molecule has 0 N–H and O–H groups in total. The first kappa shape index (κ1) is 36.3. The van der Waals surface area contributed by atoms with Gasteiger partial charge in [0.25, 0.3) is 0 Å². The zero-order valence-electron chi connectivity index (χ0n) is 27.6. The van der Waals surface area contributed by atoms with Crippen LogP contribution in [-0.4, -0.2) is 12.7 Å². The van der Waals surface area contributed by atoms with Crippen LogP contribution in [0.5, 0.6) is 11.5 Å². The normalized spacial score (nSPS) is 21.3. The average molecular weight is 687 g/mol. The third-order valence-electron chi connectivity index (χ3n) is 9.70. The van der Waals surface area contributed by atoms with E-state index in [9.17, 15) is 30.7 Å². The highest BCUT2D eigenvalue weighted by Crippen LogP contribution is 2.38. The van der Waals surface area contributed by atoms with Crippen molar-refractivity contribution in [2.24, 2.45) is 11.8 Å². The Bertz CT molecular complexity index is 1610. The molecule has 2 fully saturated rings. The summed E-state index contributed by atoms with van der Waals surface area (Å²) in [7, 11) is 0. The number of benzene rings is 4. The van der Waals surface area contributed by atoms with Crippen molar-refractivity contribution in [1.29, 1.82) is 0 Å². The van der Waals surface area contributed by atoms with Gasteiger partial charge in [0.05, 0.1) is 0 Å². The van der Waals surface area contributed by atoms with Crippen LogP contribution in [0.15, 0.2) is 91.0 Å². The second kappa shape index (κ2) is 15.7. The molecule has 0 amide bonds. The summed E-state index contributed by atoms with van der Waals surface area (Å²) in [6.45, 7) is 4.55. The van der Waals surface area contributed by atoms with Crippen molar-refractivity contribution in [3.8, 4) is 33.8 Å². The number of ether oxygens (including phenoxy) is 2. The van der Waals surface area contributed by atoms with Crippen LogP contribution in [0.1, 0.15) is 88.2 Å². The zero-order chi connectivity index (χ0) is 35.2. The quantitative estimate of drug-likeness (QED) is 0.188. The highest BCUT2D eigenvalue weighted by Gasteiger charge is 2.32. The van der Waals surface area contributed by atoms with Crippen LogP contribution in [0.3, 0.4) is 0 Å². The molecular formula is C40H41F7O2. The van der Waals surface area contributed by atoms with E-state index in [2.05, 4.69) is 35.5 Å². The summed E-state index contributed by atoms with van der Waals surface area (Å²) in [5, 5.41) is 0. The van der Waals surface area contributed by atoms with Crippen LogP contribution in [-0.2, 0) is 0 Å². The third kappa shape index (κ3) is 10.7. The van der Waals surface area contributed by atoms with E-state index in [4.69, 9.17) is 0 Å². The van der Waals surface area contributed by atoms with Crippen LogP contribution in [0.2, 0.25) is 0 Å². The minimum Gasteiger partial charge on any atom is -0.406 e. The zero-order valence-corrected chi connectivity index (χ0v) is 27.6. The Morgan fingerprint density at radius 1 is 0.469 bits per heavy atom. The molecule has 0 radical (unpaired) electrons. The Kier molecular flexibility index (Phi) is 11.6. The summed E-state index contributed by atoms with van der Waals surface area (Å²) in [4.78, 5) is 0. The van der Waals surface area contributed by atoms with Crippen molar-refractivity contribution in [1.82, 2.24) is 0 Å². The van der Waals surface area contributed by atoms with Gasteiger partial charge in [-0.3, -0.25) is 0 Å². The maximum Gasteiger partial charge on any atom is 0.573 e. The van der Waals surface area contributed by atoms with Gasteiger partial charge in [-0.1, -0.05) is 100 Å². The minimum atomic E-state index is -4.73. The predicted molar refractivity (Wildman–Crippen MR) is 178 cm³/mol. The van der Waals surface area contributed by atoms with E-state index in [1.807, 2.05) is 18.2 Å². The van der Waals surface area contributed by atoms with Gasteiger partial charge in [-0.25, -0.2) is 4.39 Å². The van der Waals surface area contributed by atoms with Gasteiger partial charge in [0, 0.05) is 5.56 Å². The Balaban J connectivity index is 0.000000191. The standard InChI is InChI=1S/C20H20F4O.C20H21F3O/c1-13-2-4-14(5-3-13)16-8-11-18(19(21)12-16)15-6-9-17(10-7-15)25-20(22,23)24;1-14-2-4-15(5-3-14)16-6-8-17(9-7-16)18-10-12-19(13-11-18)24-20(21,22)23/h6-14H,2-5H2,1H3;6-15H,2-5H2,1H3. The number of hydrogen-bond acceptors (Lipinski definition) is 2. The maximum atomic E-state index is 14.5. The smallest absolute Gasteiger partial charge is 0.406 e. The fourth-order valence-corrected chi connectivity index (χ4v) is 6.84. The predicted octanol–water partition coefficient (Wildman–Crippen LogP) is 13.2. The van der Waals surface area contributed by atoms with Crippen molar-refractivity contribution in [2.75, 3.05) is 0 Å². The van der Waals surface area contributed by atoms with E-state index in [1.165, 1.54) is 67.6 Å². The molecule has 0 aliphatic heterocycles. The molecule has 49 heavy (non-hydrogen) atoms. The third-order valence-corrected chi connectivity index (χ3v) is 9.70. The lowest BCUT2D eigenvalue weighted by molar-refractivity contribution is -0.275. The molecule has 0 saturated heterocycles. The molecule has 6 rings (SSSR count). The first-order valence-corrected chi connectivity index (χ1v) is 16.8.